The molecule has 2 atom stereocenters. The Morgan fingerprint density at radius 3 is 1.39 bits per heavy atom. The Morgan fingerprint density at radius 1 is 0.444 bits per heavy atom. The summed E-state index contributed by atoms with van der Waals surface area (Å²) < 4.78 is 7.98. The highest BCUT2D eigenvalue weighted by atomic mass is 16.5. The first kappa shape index (κ1) is 48.3. The highest BCUT2D eigenvalue weighted by molar-refractivity contribution is 6.95. The summed E-state index contributed by atoms with van der Waals surface area (Å²) in [4.78, 5) is 5.43. The van der Waals surface area contributed by atoms with E-state index in [2.05, 4.69) is 213 Å². The van der Waals surface area contributed by atoms with E-state index < -0.39 is 0 Å². The van der Waals surface area contributed by atoms with Crippen molar-refractivity contribution in [3.8, 4) is 11.1 Å². The zero-order chi connectivity index (χ0) is 51.4. The van der Waals surface area contributed by atoms with E-state index in [0.29, 0.717) is 0 Å². The molecule has 3 nitrogen and oxygen atoms in total. The topological polar surface area (TPSA) is 15.7 Å². The van der Waals surface area contributed by atoms with Gasteiger partial charge >= 0.3 is 0 Å². The largest absolute Gasteiger partial charge is 0.475 e. The van der Waals surface area contributed by atoms with E-state index in [-0.39, 0.29) is 62.1 Å². The number of fused-ring (bicyclic) bond motifs is 8. The Bertz CT molecular complexity index is 3170. The zero-order valence-electron chi connectivity index (χ0n) is 47.7. The first-order valence-corrected chi connectivity index (χ1v) is 28.2. The summed E-state index contributed by atoms with van der Waals surface area (Å²) in [5.41, 5.74) is 25.5. The van der Waals surface area contributed by atoms with Crippen molar-refractivity contribution in [1.29, 1.82) is 0 Å². The molecule has 7 aliphatic rings. The lowest BCUT2D eigenvalue weighted by Crippen LogP contribution is -2.59. The molecule has 12 rings (SSSR count). The fourth-order valence-electron chi connectivity index (χ4n) is 15.9. The second kappa shape index (κ2) is 15.0. The van der Waals surface area contributed by atoms with Crippen LogP contribution in [-0.4, -0.2) is 12.8 Å². The molecule has 0 radical (unpaired) electrons. The van der Waals surface area contributed by atoms with E-state index in [0.717, 1.165) is 12.3 Å². The van der Waals surface area contributed by atoms with E-state index in [1.54, 1.807) is 0 Å². The van der Waals surface area contributed by atoms with Gasteiger partial charge in [-0.2, -0.15) is 0 Å². The van der Waals surface area contributed by atoms with Crippen LogP contribution in [0.3, 0.4) is 0 Å². The average molecular weight is 957 g/mol. The maximum atomic E-state index is 7.98. The second-order valence-electron chi connectivity index (χ2n) is 29.8. The molecule has 0 bridgehead atoms. The number of hydrogen-bond donors (Lipinski definition) is 0. The number of hydrogen-bond acceptors (Lipinski definition) is 3. The fraction of sp³-hybridized carbons (Fsp3) is 0.529. The molecule has 4 heteroatoms. The van der Waals surface area contributed by atoms with Gasteiger partial charge in [-0.15, -0.1) is 0 Å². The monoisotopic (exact) mass is 957 g/mol. The molecular formula is C68H85BN2O. The van der Waals surface area contributed by atoms with Crippen LogP contribution in [-0.2, 0) is 37.2 Å². The molecule has 0 aromatic heterocycles. The molecule has 3 aliphatic heterocycles. The second-order valence-corrected chi connectivity index (χ2v) is 29.8. The molecule has 4 aliphatic carbocycles. The van der Waals surface area contributed by atoms with Crippen LogP contribution in [0.1, 0.15) is 207 Å². The van der Waals surface area contributed by atoms with Gasteiger partial charge in [0.2, 0.25) is 0 Å². The highest BCUT2D eigenvalue weighted by Crippen LogP contribution is 2.62. The molecule has 0 N–H and O–H groups in total. The van der Waals surface area contributed by atoms with Crippen molar-refractivity contribution in [2.45, 2.75) is 215 Å². The molecule has 2 unspecified atom stereocenters. The predicted octanol–water partition coefficient (Wildman–Crippen LogP) is 17.2. The third-order valence-corrected chi connectivity index (χ3v) is 21.1. The summed E-state index contributed by atoms with van der Waals surface area (Å²) in [6.07, 6.45) is 9.48. The van der Waals surface area contributed by atoms with E-state index in [1.165, 1.54) is 145 Å². The summed E-state index contributed by atoms with van der Waals surface area (Å²) in [5, 5.41) is 0. The molecule has 0 saturated heterocycles. The van der Waals surface area contributed by atoms with Crippen molar-refractivity contribution in [3.05, 3.63) is 135 Å². The zero-order valence-corrected chi connectivity index (χ0v) is 47.7. The number of ether oxygens (including phenoxy) is 1. The minimum absolute atomic E-state index is 0.00138. The Morgan fingerprint density at radius 2 is 0.875 bits per heavy atom. The smallest absolute Gasteiger partial charge is 0.252 e. The SMILES string of the molecule is Cc1cccc(C)c1-c1cc2c3c(c1)N(c1ccc4c(c1)C(C)(C)CCC4(C)C)c1cc4c(cc1B3C1=C(OC3C1C(C)(C)CCC3(C)C)N2c1ccc2c(c1)C(C)(C)CCC2(C)C)C(C)(C)CCC4(C)C. The fourth-order valence-corrected chi connectivity index (χ4v) is 15.9. The van der Waals surface area contributed by atoms with Crippen LogP contribution in [0.25, 0.3) is 11.1 Å². The van der Waals surface area contributed by atoms with Gasteiger partial charge in [0.25, 0.3) is 6.71 Å². The summed E-state index contributed by atoms with van der Waals surface area (Å²) in [6, 6.07) is 32.8. The maximum absolute atomic E-state index is 7.98. The van der Waals surface area contributed by atoms with Gasteiger partial charge in [-0.3, -0.25) is 4.90 Å². The number of nitrogens with zero attached hydrogens (tertiary/aromatic N) is 2. The van der Waals surface area contributed by atoms with Crippen LogP contribution in [0, 0.1) is 30.6 Å². The van der Waals surface area contributed by atoms with Crippen molar-refractivity contribution < 1.29 is 4.74 Å². The summed E-state index contributed by atoms with van der Waals surface area (Å²) in [7, 11) is 0. The van der Waals surface area contributed by atoms with Crippen molar-refractivity contribution in [3.63, 3.8) is 0 Å². The van der Waals surface area contributed by atoms with E-state index in [4.69, 9.17) is 4.74 Å². The third-order valence-electron chi connectivity index (χ3n) is 21.1. The van der Waals surface area contributed by atoms with Crippen molar-refractivity contribution in [2.75, 3.05) is 9.80 Å². The minimum atomic E-state index is -0.00138. The summed E-state index contributed by atoms with van der Waals surface area (Å²) >= 11 is 0. The van der Waals surface area contributed by atoms with E-state index in [9.17, 15) is 0 Å². The summed E-state index contributed by atoms with van der Waals surface area (Å²) in [6.45, 7) is 44.7. The normalized spacial score (nSPS) is 25.5. The van der Waals surface area contributed by atoms with Crippen LogP contribution < -0.4 is 20.7 Å². The van der Waals surface area contributed by atoms with Gasteiger partial charge in [-0.1, -0.05) is 147 Å². The first-order chi connectivity index (χ1) is 33.5. The Labute approximate surface area is 435 Å². The standard InChI is InChI=1S/C68H85BN2O/c1-40-20-19-21-41(2)55(40)42-34-53-57-54(35-42)71(44-23-25-46-48(37-44)64(9,10)29-27-62(46,5)6)60-58(56-59(72-60)68(17,18)33-32-67(56,15)16)69(57)51-38-49-50(66(13,14)31-30-65(49,11)12)39-52(51)70(53)43-22-24-45-47(36-43)63(7,8)28-26-61(45,3)4/h19-25,34-39,56,59H,26-33H2,1-18H3. The van der Waals surface area contributed by atoms with Crippen molar-refractivity contribution in [1.82, 2.24) is 0 Å². The van der Waals surface area contributed by atoms with Crippen LogP contribution in [0.2, 0.25) is 0 Å². The van der Waals surface area contributed by atoms with Gasteiger partial charge < -0.3 is 9.64 Å². The predicted molar refractivity (Wildman–Crippen MR) is 308 cm³/mol. The third kappa shape index (κ3) is 6.80. The highest BCUT2D eigenvalue weighted by Gasteiger charge is 2.61. The molecule has 72 heavy (non-hydrogen) atoms. The average Bonchev–Trinajstić information content (AvgIpc) is 3.72. The van der Waals surface area contributed by atoms with Gasteiger partial charge in [-0.25, -0.2) is 0 Å². The Hall–Kier alpha value is -4.70. The molecule has 3 heterocycles. The molecular weight excluding hydrogens is 872 g/mol. The summed E-state index contributed by atoms with van der Waals surface area (Å²) in [5.74, 6) is 1.33. The van der Waals surface area contributed by atoms with Crippen molar-refractivity contribution >= 4 is 46.1 Å². The van der Waals surface area contributed by atoms with Crippen LogP contribution in [0.15, 0.2) is 90.2 Å². The van der Waals surface area contributed by atoms with Gasteiger partial charge in [0, 0.05) is 39.8 Å². The first-order valence-electron chi connectivity index (χ1n) is 28.2. The number of aryl methyl sites for hydroxylation is 2. The molecule has 1 saturated carbocycles. The number of benzene rings is 5. The Kier molecular flexibility index (Phi) is 10.1. The van der Waals surface area contributed by atoms with Crippen LogP contribution in [0.4, 0.5) is 28.4 Å². The number of anilines is 5. The van der Waals surface area contributed by atoms with E-state index >= 15 is 0 Å². The van der Waals surface area contributed by atoms with Gasteiger partial charge in [-0.05, 0) is 218 Å². The van der Waals surface area contributed by atoms with Gasteiger partial charge in [0.1, 0.15) is 6.10 Å². The minimum Gasteiger partial charge on any atom is -0.475 e. The lowest BCUT2D eigenvalue weighted by atomic mass is 9.29. The van der Waals surface area contributed by atoms with Gasteiger partial charge in [0.05, 0.1) is 0 Å². The van der Waals surface area contributed by atoms with Gasteiger partial charge in [0.15, 0.2) is 5.88 Å². The maximum Gasteiger partial charge on any atom is 0.252 e. The molecule has 0 spiro atoms. The molecule has 5 aromatic carbocycles. The molecule has 0 amide bonds. The quantitative estimate of drug-likeness (QED) is 0.168. The Balaban J connectivity index is 1.25. The lowest BCUT2D eigenvalue weighted by molar-refractivity contribution is -0.0655. The molecule has 5 aromatic rings. The van der Waals surface area contributed by atoms with Crippen molar-refractivity contribution in [2.24, 2.45) is 16.7 Å². The van der Waals surface area contributed by atoms with E-state index in [1.807, 2.05) is 0 Å². The molecule has 376 valence electrons. The number of rotatable bonds is 3. The van der Waals surface area contributed by atoms with Crippen LogP contribution >= 0.6 is 0 Å². The van der Waals surface area contributed by atoms with Crippen LogP contribution in [0.5, 0.6) is 0 Å². The lowest BCUT2D eigenvalue weighted by Gasteiger charge is -2.50. The molecule has 1 fully saturated rings.